The van der Waals surface area contributed by atoms with Crippen molar-refractivity contribution in [2.45, 2.75) is 6.92 Å². The molecule has 0 N–H and O–H groups in total. The molecule has 4 aromatic rings. The van der Waals surface area contributed by atoms with Gasteiger partial charge in [0, 0.05) is 24.0 Å². The zero-order valence-corrected chi connectivity index (χ0v) is 11.5. The Morgan fingerprint density at radius 3 is 2.71 bits per heavy atom. The molecular formula is C17H13N3O. The maximum Gasteiger partial charge on any atom is 0.136 e. The van der Waals surface area contributed by atoms with Gasteiger partial charge in [0.2, 0.25) is 0 Å². The molecule has 0 saturated carbocycles. The molecule has 0 aliphatic rings. The summed E-state index contributed by atoms with van der Waals surface area (Å²) in [5.74, 6) is 0. The molecule has 0 unspecified atom stereocenters. The van der Waals surface area contributed by atoms with Crippen LogP contribution in [0.1, 0.15) is 5.69 Å². The van der Waals surface area contributed by atoms with Gasteiger partial charge in [-0.05, 0) is 36.2 Å². The van der Waals surface area contributed by atoms with E-state index in [2.05, 4.69) is 34.5 Å². The van der Waals surface area contributed by atoms with E-state index < -0.39 is 0 Å². The fourth-order valence-electron chi connectivity index (χ4n) is 2.51. The van der Waals surface area contributed by atoms with Crippen molar-refractivity contribution in [3.8, 4) is 22.4 Å². The van der Waals surface area contributed by atoms with Gasteiger partial charge in [-0.2, -0.15) is 0 Å². The third-order valence-electron chi connectivity index (χ3n) is 3.50. The van der Waals surface area contributed by atoms with E-state index in [0.29, 0.717) is 0 Å². The van der Waals surface area contributed by atoms with E-state index in [1.165, 1.54) is 0 Å². The van der Waals surface area contributed by atoms with Crippen LogP contribution in [-0.2, 0) is 0 Å². The third kappa shape index (κ3) is 2.10. The maximum absolute atomic E-state index is 4.91. The number of hydrogen-bond acceptors (Lipinski definition) is 3. The Morgan fingerprint density at radius 1 is 0.952 bits per heavy atom. The van der Waals surface area contributed by atoms with Crippen molar-refractivity contribution >= 4 is 5.65 Å². The minimum absolute atomic E-state index is 0.844. The van der Waals surface area contributed by atoms with Gasteiger partial charge in [-0.1, -0.05) is 23.4 Å². The number of imidazole rings is 1. The van der Waals surface area contributed by atoms with Crippen molar-refractivity contribution in [3.05, 3.63) is 66.8 Å². The van der Waals surface area contributed by atoms with Crippen LogP contribution in [0.4, 0.5) is 0 Å². The summed E-state index contributed by atoms with van der Waals surface area (Å²) in [6.07, 6.45) is 5.71. The van der Waals surface area contributed by atoms with Crippen LogP contribution in [-0.4, -0.2) is 14.5 Å². The van der Waals surface area contributed by atoms with E-state index >= 15 is 0 Å². The number of aromatic nitrogens is 3. The Balaban J connectivity index is 1.82. The number of hydrogen-bond donors (Lipinski definition) is 0. The lowest BCUT2D eigenvalue weighted by Gasteiger charge is -2.04. The quantitative estimate of drug-likeness (QED) is 0.556. The molecule has 0 radical (unpaired) electrons. The van der Waals surface area contributed by atoms with Crippen LogP contribution in [0.2, 0.25) is 0 Å². The van der Waals surface area contributed by atoms with Gasteiger partial charge >= 0.3 is 0 Å². The fraction of sp³-hybridized carbons (Fsp3) is 0.0588. The number of aryl methyl sites for hydroxylation is 1. The summed E-state index contributed by atoms with van der Waals surface area (Å²) < 4.78 is 6.96. The molecule has 0 saturated heterocycles. The molecule has 0 bridgehead atoms. The third-order valence-corrected chi connectivity index (χ3v) is 3.50. The Morgan fingerprint density at radius 2 is 1.86 bits per heavy atom. The zero-order chi connectivity index (χ0) is 14.2. The van der Waals surface area contributed by atoms with Gasteiger partial charge in [-0.25, -0.2) is 4.98 Å². The van der Waals surface area contributed by atoms with E-state index in [0.717, 1.165) is 33.7 Å². The van der Waals surface area contributed by atoms with E-state index in [9.17, 15) is 0 Å². The molecule has 0 fully saturated rings. The molecular weight excluding hydrogens is 262 g/mol. The number of nitrogens with zero attached hydrogens (tertiary/aromatic N) is 3. The molecule has 0 amide bonds. The molecule has 1 aromatic carbocycles. The highest BCUT2D eigenvalue weighted by molar-refractivity contribution is 5.71. The minimum atomic E-state index is 0.844. The fourth-order valence-corrected chi connectivity index (χ4v) is 2.51. The van der Waals surface area contributed by atoms with E-state index in [-0.39, 0.29) is 0 Å². The van der Waals surface area contributed by atoms with Crippen LogP contribution in [0.15, 0.2) is 65.6 Å². The number of benzene rings is 1. The summed E-state index contributed by atoms with van der Waals surface area (Å²) in [5.41, 5.74) is 6.15. The van der Waals surface area contributed by atoms with Crippen LogP contribution in [0, 0.1) is 6.92 Å². The van der Waals surface area contributed by atoms with Gasteiger partial charge in [0.1, 0.15) is 17.6 Å². The predicted molar refractivity (Wildman–Crippen MR) is 80.9 cm³/mol. The van der Waals surface area contributed by atoms with E-state index in [1.807, 2.05) is 41.8 Å². The molecule has 102 valence electrons. The second kappa shape index (κ2) is 4.59. The SMILES string of the molecule is Cc1cn2cc(-c3cccc(-c4ccon4)c3)ccc2n1. The number of fused-ring (bicyclic) bond motifs is 1. The molecule has 0 spiro atoms. The van der Waals surface area contributed by atoms with Crippen LogP contribution >= 0.6 is 0 Å². The molecule has 0 atom stereocenters. The first kappa shape index (κ1) is 11.9. The summed E-state index contributed by atoms with van der Waals surface area (Å²) in [6.45, 7) is 2.00. The van der Waals surface area contributed by atoms with Crippen LogP contribution in [0.5, 0.6) is 0 Å². The van der Waals surface area contributed by atoms with Crippen LogP contribution in [0.3, 0.4) is 0 Å². The highest BCUT2D eigenvalue weighted by Gasteiger charge is 2.05. The number of rotatable bonds is 2. The predicted octanol–water partition coefficient (Wildman–Crippen LogP) is 3.96. The first-order valence-electron chi connectivity index (χ1n) is 6.76. The molecule has 21 heavy (non-hydrogen) atoms. The Labute approximate surface area is 121 Å². The molecule has 3 heterocycles. The largest absolute Gasteiger partial charge is 0.364 e. The molecule has 0 aliphatic heterocycles. The molecule has 3 aromatic heterocycles. The highest BCUT2D eigenvalue weighted by Crippen LogP contribution is 2.25. The van der Waals surface area contributed by atoms with E-state index in [4.69, 9.17) is 4.52 Å². The van der Waals surface area contributed by atoms with Crippen molar-refractivity contribution in [2.75, 3.05) is 0 Å². The van der Waals surface area contributed by atoms with Gasteiger partial charge < -0.3 is 8.92 Å². The van der Waals surface area contributed by atoms with Crippen LogP contribution < -0.4 is 0 Å². The Hall–Kier alpha value is -2.88. The first-order valence-corrected chi connectivity index (χ1v) is 6.76. The van der Waals surface area contributed by atoms with Crippen LogP contribution in [0.25, 0.3) is 28.0 Å². The van der Waals surface area contributed by atoms with E-state index in [1.54, 1.807) is 6.26 Å². The second-order valence-electron chi connectivity index (χ2n) is 5.03. The molecule has 0 aliphatic carbocycles. The Bertz CT molecular complexity index is 907. The average Bonchev–Trinajstić information content (AvgIpc) is 3.15. The standard InChI is InChI=1S/C17H13N3O/c1-12-10-20-11-15(5-6-17(20)18-12)13-3-2-4-14(9-13)16-7-8-21-19-16/h2-11H,1H3. The van der Waals surface area contributed by atoms with Gasteiger partial charge in [0.15, 0.2) is 0 Å². The topological polar surface area (TPSA) is 43.3 Å². The molecule has 4 heteroatoms. The molecule has 4 rings (SSSR count). The second-order valence-corrected chi connectivity index (χ2v) is 5.03. The summed E-state index contributed by atoms with van der Waals surface area (Å²) in [7, 11) is 0. The Kier molecular flexibility index (Phi) is 2.60. The van der Waals surface area contributed by atoms with Gasteiger partial charge in [-0.3, -0.25) is 0 Å². The molecule has 4 nitrogen and oxygen atoms in total. The van der Waals surface area contributed by atoms with Crippen molar-refractivity contribution in [1.82, 2.24) is 14.5 Å². The van der Waals surface area contributed by atoms with Crippen molar-refractivity contribution in [3.63, 3.8) is 0 Å². The number of pyridine rings is 1. The maximum atomic E-state index is 4.91. The lowest BCUT2D eigenvalue weighted by molar-refractivity contribution is 0.422. The van der Waals surface area contributed by atoms with Crippen molar-refractivity contribution in [1.29, 1.82) is 0 Å². The lowest BCUT2D eigenvalue weighted by atomic mass is 10.0. The lowest BCUT2D eigenvalue weighted by Crippen LogP contribution is -1.86. The highest BCUT2D eigenvalue weighted by atomic mass is 16.5. The zero-order valence-electron chi connectivity index (χ0n) is 11.5. The minimum Gasteiger partial charge on any atom is -0.364 e. The van der Waals surface area contributed by atoms with Crippen molar-refractivity contribution < 1.29 is 4.52 Å². The van der Waals surface area contributed by atoms with Crippen molar-refractivity contribution in [2.24, 2.45) is 0 Å². The summed E-state index contributed by atoms with van der Waals surface area (Å²) in [6, 6.07) is 14.2. The van der Waals surface area contributed by atoms with Gasteiger partial charge in [0.25, 0.3) is 0 Å². The van der Waals surface area contributed by atoms with Gasteiger partial charge in [-0.15, -0.1) is 0 Å². The summed E-state index contributed by atoms with van der Waals surface area (Å²) >= 11 is 0. The first-order chi connectivity index (χ1) is 10.3. The summed E-state index contributed by atoms with van der Waals surface area (Å²) in [4.78, 5) is 4.45. The normalized spacial score (nSPS) is 11.1. The summed E-state index contributed by atoms with van der Waals surface area (Å²) in [5, 5.41) is 3.98. The monoisotopic (exact) mass is 275 g/mol. The van der Waals surface area contributed by atoms with Gasteiger partial charge in [0.05, 0.1) is 5.69 Å². The average molecular weight is 275 g/mol. The smallest absolute Gasteiger partial charge is 0.136 e.